The Balaban J connectivity index is 0.000000406. The van der Waals surface area contributed by atoms with Gasteiger partial charge in [0.15, 0.2) is 0 Å². The first kappa shape index (κ1) is 25.2. The van der Waals surface area contributed by atoms with Gasteiger partial charge >= 0.3 is 12.1 Å². The zero-order valence-corrected chi connectivity index (χ0v) is 19.0. The fourth-order valence-corrected chi connectivity index (χ4v) is 4.06. The second-order valence-corrected chi connectivity index (χ2v) is 8.25. The standard InChI is InChI=1S/C24H26N2O.C2HF3O2/c1-17-12-13-23-20(15-17)9-6-14-26(23)24(27)16-25-18(2)21-11-5-8-19-7-3-4-10-22(19)21;3-2(4,5)1(6)7/h3-5,7-8,10-13,15,18,25H,6,9,14,16H2,1-2H3;(H,6,7). The highest BCUT2D eigenvalue weighted by atomic mass is 19.4. The van der Waals surface area contributed by atoms with E-state index in [1.165, 1.54) is 27.5 Å². The third-order valence-corrected chi connectivity index (χ3v) is 5.75. The second-order valence-electron chi connectivity index (χ2n) is 8.25. The summed E-state index contributed by atoms with van der Waals surface area (Å²) in [6.45, 7) is 5.38. The molecule has 180 valence electrons. The van der Waals surface area contributed by atoms with E-state index in [4.69, 9.17) is 9.90 Å². The van der Waals surface area contributed by atoms with E-state index in [9.17, 15) is 18.0 Å². The molecule has 0 radical (unpaired) electrons. The number of fused-ring (bicyclic) bond motifs is 2. The lowest BCUT2D eigenvalue weighted by molar-refractivity contribution is -0.192. The largest absolute Gasteiger partial charge is 0.490 e. The molecule has 0 spiro atoms. The molecular weight excluding hydrogens is 445 g/mol. The third kappa shape index (κ3) is 6.14. The van der Waals surface area contributed by atoms with Crippen LogP contribution in [0.5, 0.6) is 0 Å². The number of nitrogens with zero attached hydrogens (tertiary/aromatic N) is 1. The topological polar surface area (TPSA) is 69.6 Å². The summed E-state index contributed by atoms with van der Waals surface area (Å²) in [7, 11) is 0. The van der Waals surface area contributed by atoms with Crippen LogP contribution in [0.4, 0.5) is 18.9 Å². The zero-order chi connectivity index (χ0) is 24.9. The van der Waals surface area contributed by atoms with Crippen LogP contribution in [0.15, 0.2) is 60.7 Å². The maximum atomic E-state index is 12.9. The lowest BCUT2D eigenvalue weighted by Crippen LogP contribution is -2.41. The Labute approximate surface area is 196 Å². The highest BCUT2D eigenvalue weighted by Gasteiger charge is 2.38. The lowest BCUT2D eigenvalue weighted by Gasteiger charge is -2.30. The summed E-state index contributed by atoms with van der Waals surface area (Å²) < 4.78 is 31.7. The molecule has 0 saturated heterocycles. The summed E-state index contributed by atoms with van der Waals surface area (Å²) >= 11 is 0. The Kier molecular flexibility index (Phi) is 7.94. The summed E-state index contributed by atoms with van der Waals surface area (Å²) in [6, 6.07) is 21.3. The van der Waals surface area contributed by atoms with E-state index in [-0.39, 0.29) is 11.9 Å². The van der Waals surface area contributed by atoms with Crippen molar-refractivity contribution in [3.8, 4) is 0 Å². The molecule has 0 saturated carbocycles. The van der Waals surface area contributed by atoms with Crippen LogP contribution < -0.4 is 10.2 Å². The van der Waals surface area contributed by atoms with Crippen LogP contribution in [0.2, 0.25) is 0 Å². The van der Waals surface area contributed by atoms with Crippen LogP contribution in [0.3, 0.4) is 0 Å². The number of carbonyl (C=O) groups excluding carboxylic acids is 1. The summed E-state index contributed by atoms with van der Waals surface area (Å²) in [5, 5.41) is 13.0. The Morgan fingerprint density at radius 1 is 1.09 bits per heavy atom. The predicted molar refractivity (Wildman–Crippen MR) is 126 cm³/mol. The Hall–Kier alpha value is -3.39. The number of amides is 1. The molecule has 5 nitrogen and oxygen atoms in total. The van der Waals surface area contributed by atoms with Crippen molar-refractivity contribution in [1.29, 1.82) is 0 Å². The first-order valence-electron chi connectivity index (χ1n) is 11.0. The van der Waals surface area contributed by atoms with Gasteiger partial charge in [-0.2, -0.15) is 13.2 Å². The Morgan fingerprint density at radius 3 is 2.47 bits per heavy atom. The SMILES string of the molecule is Cc1ccc2c(c1)CCCN2C(=O)CNC(C)c1cccc2ccccc12.O=C(O)C(F)(F)F. The number of alkyl halides is 3. The van der Waals surface area contributed by atoms with Crippen molar-refractivity contribution in [3.63, 3.8) is 0 Å². The van der Waals surface area contributed by atoms with Crippen molar-refractivity contribution < 1.29 is 27.9 Å². The Morgan fingerprint density at radius 2 is 1.76 bits per heavy atom. The van der Waals surface area contributed by atoms with Gasteiger partial charge in [0.1, 0.15) is 0 Å². The molecule has 1 amide bonds. The number of nitrogens with one attached hydrogen (secondary N) is 1. The minimum atomic E-state index is -5.08. The molecule has 1 aliphatic rings. The quantitative estimate of drug-likeness (QED) is 0.533. The maximum absolute atomic E-state index is 12.9. The van der Waals surface area contributed by atoms with Crippen molar-refractivity contribution in [2.24, 2.45) is 0 Å². The normalized spacial score (nSPS) is 14.1. The highest BCUT2D eigenvalue weighted by molar-refractivity contribution is 5.96. The molecule has 1 unspecified atom stereocenters. The minimum Gasteiger partial charge on any atom is -0.475 e. The van der Waals surface area contributed by atoms with Crippen molar-refractivity contribution in [3.05, 3.63) is 77.4 Å². The van der Waals surface area contributed by atoms with Gasteiger partial charge in [0.25, 0.3) is 0 Å². The van der Waals surface area contributed by atoms with E-state index in [2.05, 4.69) is 79.8 Å². The fraction of sp³-hybridized carbons (Fsp3) is 0.308. The van der Waals surface area contributed by atoms with E-state index in [1.54, 1.807) is 0 Å². The number of hydrogen-bond acceptors (Lipinski definition) is 3. The first-order chi connectivity index (χ1) is 16.1. The van der Waals surface area contributed by atoms with E-state index < -0.39 is 12.1 Å². The van der Waals surface area contributed by atoms with Gasteiger partial charge in [-0.1, -0.05) is 60.2 Å². The summed E-state index contributed by atoms with van der Waals surface area (Å²) in [6.07, 6.45) is -3.00. The number of aliphatic carboxylic acids is 1. The van der Waals surface area contributed by atoms with Crippen LogP contribution in [0.25, 0.3) is 10.8 Å². The number of aryl methyl sites for hydroxylation is 2. The van der Waals surface area contributed by atoms with Gasteiger partial charge in [-0.3, -0.25) is 4.79 Å². The molecule has 34 heavy (non-hydrogen) atoms. The van der Waals surface area contributed by atoms with Gasteiger partial charge < -0.3 is 15.3 Å². The van der Waals surface area contributed by atoms with Gasteiger partial charge in [0, 0.05) is 18.3 Å². The van der Waals surface area contributed by atoms with Crippen LogP contribution in [0, 0.1) is 6.92 Å². The average molecular weight is 473 g/mol. The molecule has 3 aromatic rings. The fourth-order valence-electron chi connectivity index (χ4n) is 4.06. The molecule has 1 heterocycles. The van der Waals surface area contributed by atoms with Crippen LogP contribution in [-0.4, -0.2) is 36.2 Å². The van der Waals surface area contributed by atoms with E-state index in [1.807, 2.05) is 4.90 Å². The Bertz CT molecular complexity index is 1170. The van der Waals surface area contributed by atoms with Crippen LogP contribution in [0.1, 0.15) is 36.1 Å². The molecule has 0 fully saturated rings. The second kappa shape index (κ2) is 10.7. The zero-order valence-electron chi connectivity index (χ0n) is 19.0. The van der Waals surface area contributed by atoms with E-state index in [0.717, 1.165) is 25.1 Å². The monoisotopic (exact) mass is 472 g/mol. The van der Waals surface area contributed by atoms with Gasteiger partial charge in [0.2, 0.25) is 5.91 Å². The van der Waals surface area contributed by atoms with E-state index in [0.29, 0.717) is 6.54 Å². The molecule has 2 N–H and O–H groups in total. The maximum Gasteiger partial charge on any atom is 0.490 e. The summed E-state index contributed by atoms with van der Waals surface area (Å²) in [5.74, 6) is -2.61. The first-order valence-corrected chi connectivity index (χ1v) is 11.0. The van der Waals surface area contributed by atoms with Crippen molar-refractivity contribution >= 4 is 28.3 Å². The number of hydrogen-bond donors (Lipinski definition) is 2. The van der Waals surface area contributed by atoms with Gasteiger partial charge in [0.05, 0.1) is 6.54 Å². The van der Waals surface area contributed by atoms with E-state index >= 15 is 0 Å². The number of benzene rings is 3. The number of halogens is 3. The molecular formula is C26H27F3N2O3. The number of carbonyl (C=O) groups is 2. The van der Waals surface area contributed by atoms with Gasteiger partial charge in [-0.25, -0.2) is 4.79 Å². The van der Waals surface area contributed by atoms with Crippen molar-refractivity contribution in [2.75, 3.05) is 18.0 Å². The molecule has 0 aromatic heterocycles. The molecule has 0 aliphatic carbocycles. The van der Waals surface area contributed by atoms with Crippen molar-refractivity contribution in [2.45, 2.75) is 38.9 Å². The third-order valence-electron chi connectivity index (χ3n) is 5.75. The molecule has 8 heteroatoms. The number of anilines is 1. The van der Waals surface area contributed by atoms with Gasteiger partial charge in [-0.15, -0.1) is 0 Å². The molecule has 1 aliphatic heterocycles. The summed E-state index contributed by atoms with van der Waals surface area (Å²) in [4.78, 5) is 23.7. The molecule has 3 aromatic carbocycles. The highest BCUT2D eigenvalue weighted by Crippen LogP contribution is 2.28. The number of carboxylic acid groups (broad SMARTS) is 1. The predicted octanol–water partition coefficient (Wildman–Crippen LogP) is 5.41. The molecule has 1 atom stereocenters. The minimum absolute atomic E-state index is 0.113. The van der Waals surface area contributed by atoms with Crippen molar-refractivity contribution in [1.82, 2.24) is 5.32 Å². The smallest absolute Gasteiger partial charge is 0.475 e. The van der Waals surface area contributed by atoms with Crippen LogP contribution >= 0.6 is 0 Å². The van der Waals surface area contributed by atoms with Gasteiger partial charge in [-0.05, 0) is 54.7 Å². The average Bonchev–Trinajstić information content (AvgIpc) is 2.81. The summed E-state index contributed by atoms with van der Waals surface area (Å²) in [5.41, 5.74) is 4.86. The lowest BCUT2D eigenvalue weighted by atomic mass is 9.99. The van der Waals surface area contributed by atoms with Crippen LogP contribution in [-0.2, 0) is 16.0 Å². The number of rotatable bonds is 4. The number of carboxylic acids is 1. The molecule has 4 rings (SSSR count). The molecule has 0 bridgehead atoms.